The molecule has 0 aliphatic rings. The lowest BCUT2D eigenvalue weighted by atomic mass is 10.3. The third-order valence-corrected chi connectivity index (χ3v) is 2.11. The molecule has 1 aromatic rings. The van der Waals surface area contributed by atoms with Crippen LogP contribution in [0.2, 0.25) is 0 Å². The van der Waals surface area contributed by atoms with E-state index in [0.29, 0.717) is 17.9 Å². The summed E-state index contributed by atoms with van der Waals surface area (Å²) in [7, 11) is 1.45. The number of carbonyl (C=O) groups excluding carboxylic acids is 2. The Balaban J connectivity index is 2.49. The van der Waals surface area contributed by atoms with Crippen LogP contribution < -0.4 is 16.0 Å². The number of anilines is 2. The first-order valence-electron chi connectivity index (χ1n) is 5.70. The smallest absolute Gasteiger partial charge is 0.319 e. The first-order chi connectivity index (χ1) is 9.15. The minimum Gasteiger partial charge on any atom is -0.375 e. The predicted molar refractivity (Wildman–Crippen MR) is 74.2 cm³/mol. The highest BCUT2D eigenvalue weighted by molar-refractivity contribution is 5.93. The quantitative estimate of drug-likeness (QED) is 0.682. The minimum absolute atomic E-state index is 0.00393. The molecule has 0 aromatic heterocycles. The Kier molecular flexibility index (Phi) is 6.11. The van der Waals surface area contributed by atoms with Gasteiger partial charge >= 0.3 is 6.03 Å². The number of hydrogen-bond acceptors (Lipinski definition) is 3. The molecule has 0 atom stereocenters. The summed E-state index contributed by atoms with van der Waals surface area (Å²) >= 11 is 0. The molecule has 3 N–H and O–H groups in total. The van der Waals surface area contributed by atoms with Crippen LogP contribution in [-0.4, -0.2) is 32.2 Å². The maximum Gasteiger partial charge on any atom is 0.319 e. The van der Waals surface area contributed by atoms with Gasteiger partial charge in [0.25, 0.3) is 0 Å². The molecule has 0 radical (unpaired) electrons. The van der Waals surface area contributed by atoms with Crippen molar-refractivity contribution in [2.75, 3.05) is 30.9 Å². The first-order valence-corrected chi connectivity index (χ1v) is 5.70. The van der Waals surface area contributed by atoms with E-state index < -0.39 is 0 Å². The molecule has 19 heavy (non-hydrogen) atoms. The lowest BCUT2D eigenvalue weighted by Gasteiger charge is -2.08. The third kappa shape index (κ3) is 5.69. The van der Waals surface area contributed by atoms with Crippen molar-refractivity contribution in [2.24, 2.45) is 0 Å². The van der Waals surface area contributed by atoms with Crippen molar-refractivity contribution in [3.05, 3.63) is 36.9 Å². The largest absolute Gasteiger partial charge is 0.375 e. The van der Waals surface area contributed by atoms with Crippen LogP contribution >= 0.6 is 0 Å². The van der Waals surface area contributed by atoms with Crippen LogP contribution in [0.3, 0.4) is 0 Å². The standard InChI is InChI=1S/C13H17N3O3/c1-3-8-14-13(18)16-11-6-4-10(5-7-11)15-12(17)9-19-2/h3-7H,1,8-9H2,2H3,(H,15,17)(H2,14,16,18). The summed E-state index contributed by atoms with van der Waals surface area (Å²) < 4.78 is 4.70. The van der Waals surface area contributed by atoms with E-state index in [1.807, 2.05) is 0 Å². The molecule has 0 saturated carbocycles. The maximum absolute atomic E-state index is 11.4. The SMILES string of the molecule is C=CCNC(=O)Nc1ccc(NC(=O)COC)cc1. The lowest BCUT2D eigenvalue weighted by molar-refractivity contribution is -0.119. The fourth-order valence-electron chi connectivity index (χ4n) is 1.31. The summed E-state index contributed by atoms with van der Waals surface area (Å²) in [5, 5.41) is 7.89. The number of urea groups is 1. The Morgan fingerprint density at radius 1 is 1.21 bits per heavy atom. The molecule has 1 aromatic carbocycles. The molecule has 0 unspecified atom stereocenters. The highest BCUT2D eigenvalue weighted by Crippen LogP contribution is 2.13. The monoisotopic (exact) mass is 263 g/mol. The van der Waals surface area contributed by atoms with Crippen molar-refractivity contribution in [1.82, 2.24) is 5.32 Å². The topological polar surface area (TPSA) is 79.5 Å². The Hall–Kier alpha value is -2.34. The molecule has 0 aliphatic heterocycles. The van der Waals surface area contributed by atoms with Crippen LogP contribution in [0.4, 0.5) is 16.2 Å². The van der Waals surface area contributed by atoms with Crippen LogP contribution in [-0.2, 0) is 9.53 Å². The molecular formula is C13H17N3O3. The Morgan fingerprint density at radius 2 is 1.79 bits per heavy atom. The number of amides is 3. The van der Waals surface area contributed by atoms with Gasteiger partial charge in [-0.25, -0.2) is 4.79 Å². The first kappa shape index (κ1) is 14.7. The van der Waals surface area contributed by atoms with Crippen molar-refractivity contribution in [2.45, 2.75) is 0 Å². The van der Waals surface area contributed by atoms with Gasteiger partial charge in [0.05, 0.1) is 0 Å². The van der Waals surface area contributed by atoms with Gasteiger partial charge < -0.3 is 20.7 Å². The molecule has 0 aliphatic carbocycles. The second-order valence-electron chi connectivity index (χ2n) is 3.68. The molecule has 0 bridgehead atoms. The van der Waals surface area contributed by atoms with Crippen LogP contribution in [0, 0.1) is 0 Å². The van der Waals surface area contributed by atoms with Gasteiger partial charge in [-0.2, -0.15) is 0 Å². The van der Waals surface area contributed by atoms with Gasteiger partial charge in [-0.3, -0.25) is 4.79 Å². The van der Waals surface area contributed by atoms with Crippen LogP contribution in [0.5, 0.6) is 0 Å². The number of carbonyl (C=O) groups is 2. The summed E-state index contributed by atoms with van der Waals surface area (Å²) in [5.74, 6) is -0.230. The summed E-state index contributed by atoms with van der Waals surface area (Å²) in [4.78, 5) is 22.6. The zero-order chi connectivity index (χ0) is 14.1. The molecule has 102 valence electrons. The van der Waals surface area contributed by atoms with Gasteiger partial charge in [0, 0.05) is 25.0 Å². The predicted octanol–water partition coefficient (Wildman–Crippen LogP) is 1.58. The van der Waals surface area contributed by atoms with Gasteiger partial charge in [0.15, 0.2) is 0 Å². The fraction of sp³-hybridized carbons (Fsp3) is 0.231. The number of ether oxygens (including phenoxy) is 1. The molecule has 6 heteroatoms. The summed E-state index contributed by atoms with van der Waals surface area (Å²) in [6.07, 6.45) is 1.59. The van der Waals surface area contributed by atoms with E-state index in [-0.39, 0.29) is 18.5 Å². The number of nitrogens with one attached hydrogen (secondary N) is 3. The highest BCUT2D eigenvalue weighted by atomic mass is 16.5. The molecule has 3 amide bonds. The second kappa shape index (κ2) is 7.88. The van der Waals surface area contributed by atoms with Crippen molar-refractivity contribution in [3.63, 3.8) is 0 Å². The van der Waals surface area contributed by atoms with Gasteiger partial charge in [0.2, 0.25) is 5.91 Å². The average Bonchev–Trinajstić information content (AvgIpc) is 2.39. The normalized spacial score (nSPS) is 9.53. The minimum atomic E-state index is -0.309. The highest BCUT2D eigenvalue weighted by Gasteiger charge is 2.02. The summed E-state index contributed by atoms with van der Waals surface area (Å²) in [6.45, 7) is 3.90. The fourth-order valence-corrected chi connectivity index (χ4v) is 1.31. The van der Waals surface area contributed by atoms with E-state index in [1.54, 1.807) is 30.3 Å². The van der Waals surface area contributed by atoms with Crippen LogP contribution in [0.25, 0.3) is 0 Å². The van der Waals surface area contributed by atoms with Gasteiger partial charge in [-0.1, -0.05) is 6.08 Å². The molecule has 0 saturated heterocycles. The van der Waals surface area contributed by atoms with E-state index in [1.165, 1.54) is 7.11 Å². The van der Waals surface area contributed by atoms with E-state index in [2.05, 4.69) is 22.5 Å². The van der Waals surface area contributed by atoms with Crippen molar-refractivity contribution < 1.29 is 14.3 Å². The maximum atomic E-state index is 11.4. The van der Waals surface area contributed by atoms with Crippen LogP contribution in [0.15, 0.2) is 36.9 Å². The number of hydrogen-bond donors (Lipinski definition) is 3. The molecule has 0 spiro atoms. The molecule has 1 rings (SSSR count). The summed E-state index contributed by atoms with van der Waals surface area (Å²) in [5.41, 5.74) is 1.27. The molecule has 0 heterocycles. The molecular weight excluding hydrogens is 246 g/mol. The number of rotatable bonds is 6. The Labute approximate surface area is 111 Å². The number of benzene rings is 1. The molecule has 6 nitrogen and oxygen atoms in total. The Morgan fingerprint density at radius 3 is 2.32 bits per heavy atom. The summed E-state index contributed by atoms with van der Waals surface area (Å²) in [6, 6.07) is 6.45. The number of methoxy groups -OCH3 is 1. The van der Waals surface area contributed by atoms with E-state index in [4.69, 9.17) is 4.74 Å². The van der Waals surface area contributed by atoms with Crippen molar-refractivity contribution in [1.29, 1.82) is 0 Å². The van der Waals surface area contributed by atoms with Gasteiger partial charge in [-0.05, 0) is 24.3 Å². The zero-order valence-electron chi connectivity index (χ0n) is 10.7. The van der Waals surface area contributed by atoms with E-state index in [9.17, 15) is 9.59 Å². The second-order valence-corrected chi connectivity index (χ2v) is 3.68. The van der Waals surface area contributed by atoms with Gasteiger partial charge in [0.1, 0.15) is 6.61 Å². The average molecular weight is 263 g/mol. The van der Waals surface area contributed by atoms with Crippen LogP contribution in [0.1, 0.15) is 0 Å². The van der Waals surface area contributed by atoms with Gasteiger partial charge in [-0.15, -0.1) is 6.58 Å². The lowest BCUT2D eigenvalue weighted by Crippen LogP contribution is -2.28. The van der Waals surface area contributed by atoms with Crippen molar-refractivity contribution >= 4 is 23.3 Å². The zero-order valence-corrected chi connectivity index (χ0v) is 10.7. The molecule has 0 fully saturated rings. The Bertz CT molecular complexity index is 443. The third-order valence-electron chi connectivity index (χ3n) is 2.11. The van der Waals surface area contributed by atoms with E-state index >= 15 is 0 Å². The van der Waals surface area contributed by atoms with Crippen molar-refractivity contribution in [3.8, 4) is 0 Å². The van der Waals surface area contributed by atoms with E-state index in [0.717, 1.165) is 0 Å².